The van der Waals surface area contributed by atoms with Crippen LogP contribution in [-0.2, 0) is 6.54 Å². The Labute approximate surface area is 153 Å². The molecule has 26 heavy (non-hydrogen) atoms. The average Bonchev–Trinajstić information content (AvgIpc) is 2.68. The molecule has 0 radical (unpaired) electrons. The molecule has 0 saturated carbocycles. The minimum absolute atomic E-state index is 0.132. The van der Waals surface area contributed by atoms with Crippen LogP contribution in [0.5, 0.6) is 0 Å². The molecular weight excluding hydrogens is 330 g/mol. The molecule has 0 aliphatic carbocycles. The number of hydrogen-bond donors (Lipinski definition) is 3. The standard InChI is InChI=1S/C19H27N5O2/c1-2-17(20)15-4-3-10-23(13-15)12-14-5-7-16(8-6-14)24-11-9-18(22-26)21-19(24)25/h5-9,11,15,17,26H,2-4,10,12-13,20H2,1H3,(H,21,22,25). The van der Waals surface area contributed by atoms with Crippen LogP contribution >= 0.6 is 0 Å². The van der Waals surface area contributed by atoms with E-state index in [4.69, 9.17) is 10.9 Å². The largest absolute Gasteiger partial charge is 0.354 e. The zero-order valence-electron chi connectivity index (χ0n) is 15.1. The molecule has 1 fully saturated rings. The summed E-state index contributed by atoms with van der Waals surface area (Å²) in [6.07, 6.45) is 5.03. The first kappa shape index (κ1) is 18.6. The van der Waals surface area contributed by atoms with Crippen molar-refractivity contribution in [2.75, 3.05) is 18.6 Å². The summed E-state index contributed by atoms with van der Waals surface area (Å²) in [6, 6.07) is 9.76. The van der Waals surface area contributed by atoms with E-state index in [1.807, 2.05) is 29.7 Å². The molecule has 2 aromatic rings. The second-order valence-electron chi connectivity index (χ2n) is 6.95. The van der Waals surface area contributed by atoms with Crippen molar-refractivity contribution in [2.24, 2.45) is 11.7 Å². The normalized spacial score (nSPS) is 19.3. The van der Waals surface area contributed by atoms with Crippen molar-refractivity contribution in [1.29, 1.82) is 0 Å². The smallest absolute Gasteiger partial charge is 0.327 e. The van der Waals surface area contributed by atoms with E-state index < -0.39 is 5.69 Å². The fourth-order valence-electron chi connectivity index (χ4n) is 3.60. The summed E-state index contributed by atoms with van der Waals surface area (Å²) in [5.41, 5.74) is 9.64. The van der Waals surface area contributed by atoms with E-state index in [-0.39, 0.29) is 11.9 Å². The number of hydrogen-bond acceptors (Lipinski definition) is 6. The number of likely N-dealkylation sites (tertiary alicyclic amines) is 1. The fraction of sp³-hybridized carbons (Fsp3) is 0.474. The van der Waals surface area contributed by atoms with Gasteiger partial charge in [0.1, 0.15) is 0 Å². The average molecular weight is 357 g/mol. The van der Waals surface area contributed by atoms with Gasteiger partial charge >= 0.3 is 5.69 Å². The van der Waals surface area contributed by atoms with E-state index in [9.17, 15) is 4.79 Å². The molecule has 0 spiro atoms. The van der Waals surface area contributed by atoms with Crippen molar-refractivity contribution < 1.29 is 5.21 Å². The molecular formula is C19H27N5O2. The van der Waals surface area contributed by atoms with E-state index in [1.54, 1.807) is 12.3 Å². The van der Waals surface area contributed by atoms with E-state index >= 15 is 0 Å². The lowest BCUT2D eigenvalue weighted by atomic mass is 9.89. The molecule has 0 amide bonds. The Morgan fingerprint density at radius 2 is 2.12 bits per heavy atom. The summed E-state index contributed by atoms with van der Waals surface area (Å²) >= 11 is 0. The number of nitrogens with two attached hydrogens (primary N) is 1. The number of anilines is 1. The number of nitrogens with zero attached hydrogens (tertiary/aromatic N) is 3. The molecule has 2 atom stereocenters. The van der Waals surface area contributed by atoms with Crippen LogP contribution in [0.3, 0.4) is 0 Å². The molecule has 2 heterocycles. The van der Waals surface area contributed by atoms with Crippen molar-refractivity contribution in [2.45, 2.75) is 38.8 Å². The van der Waals surface area contributed by atoms with Crippen LogP contribution in [0.1, 0.15) is 31.7 Å². The maximum Gasteiger partial charge on any atom is 0.354 e. The van der Waals surface area contributed by atoms with E-state index in [2.05, 4.69) is 16.8 Å². The van der Waals surface area contributed by atoms with Gasteiger partial charge in [0, 0.05) is 25.3 Å². The summed E-state index contributed by atoms with van der Waals surface area (Å²) in [6.45, 7) is 5.21. The van der Waals surface area contributed by atoms with Crippen molar-refractivity contribution in [1.82, 2.24) is 14.5 Å². The van der Waals surface area contributed by atoms with Crippen molar-refractivity contribution >= 4 is 5.82 Å². The van der Waals surface area contributed by atoms with Crippen molar-refractivity contribution in [3.05, 3.63) is 52.6 Å². The molecule has 140 valence electrons. The van der Waals surface area contributed by atoms with Crippen LogP contribution in [0.2, 0.25) is 0 Å². The second kappa shape index (κ2) is 8.44. The van der Waals surface area contributed by atoms with Crippen LogP contribution in [0.4, 0.5) is 5.82 Å². The number of nitrogens with one attached hydrogen (secondary N) is 1. The predicted octanol–water partition coefficient (Wildman–Crippen LogP) is 1.98. The SMILES string of the molecule is CCC(N)C1CCCN(Cc2ccc(-n3ccc(NO)nc3=O)cc2)C1. The van der Waals surface area contributed by atoms with Gasteiger partial charge in [-0.2, -0.15) is 4.98 Å². The Morgan fingerprint density at radius 3 is 2.77 bits per heavy atom. The van der Waals surface area contributed by atoms with Crippen LogP contribution < -0.4 is 16.9 Å². The third kappa shape index (κ3) is 4.30. The summed E-state index contributed by atoms with van der Waals surface area (Å²) in [5.74, 6) is 0.712. The first-order valence-electron chi connectivity index (χ1n) is 9.17. The molecule has 2 unspecified atom stereocenters. The van der Waals surface area contributed by atoms with Gasteiger partial charge in [0.05, 0.1) is 5.69 Å². The topological polar surface area (TPSA) is 96.4 Å². The maximum atomic E-state index is 12.0. The molecule has 7 nitrogen and oxygen atoms in total. The third-order valence-electron chi connectivity index (χ3n) is 5.16. The number of aromatic nitrogens is 2. The van der Waals surface area contributed by atoms with E-state index in [1.165, 1.54) is 23.0 Å². The molecule has 0 bridgehead atoms. The van der Waals surface area contributed by atoms with Gasteiger partial charge < -0.3 is 5.73 Å². The van der Waals surface area contributed by atoms with Gasteiger partial charge in [0.15, 0.2) is 5.82 Å². The quantitative estimate of drug-likeness (QED) is 0.684. The molecule has 1 aliphatic rings. The lowest BCUT2D eigenvalue weighted by molar-refractivity contribution is 0.149. The van der Waals surface area contributed by atoms with Gasteiger partial charge in [-0.3, -0.25) is 20.2 Å². The minimum atomic E-state index is -0.441. The maximum absolute atomic E-state index is 12.0. The number of benzene rings is 1. The van der Waals surface area contributed by atoms with E-state index in [0.717, 1.165) is 31.7 Å². The first-order valence-corrected chi connectivity index (χ1v) is 9.17. The fourth-order valence-corrected chi connectivity index (χ4v) is 3.60. The Morgan fingerprint density at radius 1 is 1.35 bits per heavy atom. The zero-order valence-corrected chi connectivity index (χ0v) is 15.1. The highest BCUT2D eigenvalue weighted by atomic mass is 16.5. The Bertz CT molecular complexity index is 774. The van der Waals surface area contributed by atoms with Crippen LogP contribution in [-0.4, -0.2) is 38.8 Å². The lowest BCUT2D eigenvalue weighted by Crippen LogP contribution is -2.42. The van der Waals surface area contributed by atoms with Crippen molar-refractivity contribution in [3.63, 3.8) is 0 Å². The number of rotatable bonds is 6. The molecule has 1 aromatic heterocycles. The zero-order chi connectivity index (χ0) is 18.5. The molecule has 1 saturated heterocycles. The Kier molecular flexibility index (Phi) is 6.03. The molecule has 4 N–H and O–H groups in total. The Balaban J connectivity index is 1.67. The second-order valence-corrected chi connectivity index (χ2v) is 6.95. The van der Waals surface area contributed by atoms with Gasteiger partial charge in [-0.05, 0) is 55.5 Å². The highest BCUT2D eigenvalue weighted by molar-refractivity contribution is 5.37. The molecule has 3 rings (SSSR count). The molecule has 7 heteroatoms. The third-order valence-corrected chi connectivity index (χ3v) is 5.16. The van der Waals surface area contributed by atoms with Gasteiger partial charge in [0.2, 0.25) is 0 Å². The summed E-state index contributed by atoms with van der Waals surface area (Å²) in [7, 11) is 0. The highest BCUT2D eigenvalue weighted by Crippen LogP contribution is 2.22. The molecule has 1 aliphatic heterocycles. The van der Waals surface area contributed by atoms with Gasteiger partial charge in [0.25, 0.3) is 0 Å². The Hall–Kier alpha value is -2.22. The lowest BCUT2D eigenvalue weighted by Gasteiger charge is -2.35. The van der Waals surface area contributed by atoms with Crippen LogP contribution in [0, 0.1) is 5.92 Å². The summed E-state index contributed by atoms with van der Waals surface area (Å²) in [5, 5.41) is 8.81. The first-order chi connectivity index (χ1) is 12.6. The van der Waals surface area contributed by atoms with Crippen LogP contribution in [0.15, 0.2) is 41.3 Å². The molecule has 1 aromatic carbocycles. The van der Waals surface area contributed by atoms with Crippen LogP contribution in [0.25, 0.3) is 5.69 Å². The monoisotopic (exact) mass is 357 g/mol. The van der Waals surface area contributed by atoms with Gasteiger partial charge in [-0.15, -0.1) is 0 Å². The van der Waals surface area contributed by atoms with Crippen molar-refractivity contribution in [3.8, 4) is 5.69 Å². The van der Waals surface area contributed by atoms with Gasteiger partial charge in [-0.1, -0.05) is 19.1 Å². The highest BCUT2D eigenvalue weighted by Gasteiger charge is 2.23. The predicted molar refractivity (Wildman–Crippen MR) is 102 cm³/mol. The summed E-state index contributed by atoms with van der Waals surface area (Å²) in [4.78, 5) is 18.2. The van der Waals surface area contributed by atoms with Gasteiger partial charge in [-0.25, -0.2) is 4.79 Å². The number of piperidine rings is 1. The van der Waals surface area contributed by atoms with E-state index in [0.29, 0.717) is 5.92 Å². The summed E-state index contributed by atoms with van der Waals surface area (Å²) < 4.78 is 1.45. The minimum Gasteiger partial charge on any atom is -0.327 e.